The highest BCUT2D eigenvalue weighted by molar-refractivity contribution is 5.76. The summed E-state index contributed by atoms with van der Waals surface area (Å²) < 4.78 is 0.892. The van der Waals surface area contributed by atoms with Crippen LogP contribution in [0.2, 0.25) is 0 Å². The van der Waals surface area contributed by atoms with Crippen LogP contribution in [0, 0.1) is 27.4 Å². The number of carbonyl (C=O) groups is 1. The van der Waals surface area contributed by atoms with Crippen molar-refractivity contribution in [3.63, 3.8) is 0 Å². The van der Waals surface area contributed by atoms with Crippen LogP contribution in [0.4, 0.5) is 5.69 Å². The third kappa shape index (κ3) is 5.25. The Morgan fingerprint density at radius 1 is 1.33 bits per heavy atom. The topological polar surface area (TPSA) is 118 Å². The lowest BCUT2D eigenvalue weighted by Crippen LogP contribution is -2.35. The molecule has 0 saturated carbocycles. The fourth-order valence-corrected chi connectivity index (χ4v) is 2.75. The van der Waals surface area contributed by atoms with Gasteiger partial charge in [0, 0.05) is 6.07 Å². The molecule has 1 heterocycles. The largest absolute Gasteiger partial charge is 0.348 e. The van der Waals surface area contributed by atoms with Gasteiger partial charge in [-0.05, 0) is 17.9 Å². The van der Waals surface area contributed by atoms with Crippen LogP contribution in [0.5, 0.6) is 0 Å². The summed E-state index contributed by atoms with van der Waals surface area (Å²) in [5.74, 6) is -0.141. The highest BCUT2D eigenvalue weighted by atomic mass is 16.6. The lowest BCUT2D eigenvalue weighted by Gasteiger charge is -2.21. The number of amides is 1. The normalized spacial score (nSPS) is 11.6. The average molecular weight is 368 g/mol. The van der Waals surface area contributed by atoms with E-state index in [0.717, 1.165) is 22.4 Å². The molecule has 1 atom stereocenters. The van der Waals surface area contributed by atoms with Crippen molar-refractivity contribution in [3.05, 3.63) is 74.2 Å². The molecule has 0 unspecified atom stereocenters. The fraction of sp³-hybridized carbons (Fsp3) is 0.316. The second-order valence-electron chi connectivity index (χ2n) is 6.57. The second-order valence-corrected chi connectivity index (χ2v) is 6.57. The van der Waals surface area contributed by atoms with E-state index in [4.69, 9.17) is 5.26 Å². The maximum atomic E-state index is 12.5. The minimum Gasteiger partial charge on any atom is -0.348 e. The molecule has 8 heteroatoms. The van der Waals surface area contributed by atoms with Gasteiger partial charge in [0.25, 0.3) is 11.2 Å². The number of nitriles is 1. The monoisotopic (exact) mass is 368 g/mol. The minimum atomic E-state index is -0.738. The van der Waals surface area contributed by atoms with Crippen LogP contribution in [0.1, 0.15) is 37.4 Å². The number of pyridine rings is 1. The molecule has 0 aliphatic carbocycles. The predicted octanol–water partition coefficient (Wildman–Crippen LogP) is 2.53. The van der Waals surface area contributed by atoms with E-state index in [9.17, 15) is 19.7 Å². The first-order chi connectivity index (χ1) is 12.8. The van der Waals surface area contributed by atoms with Gasteiger partial charge in [0.2, 0.25) is 5.91 Å². The maximum Gasteiger partial charge on any atom is 0.287 e. The number of hydrogen-bond donors (Lipinski definition) is 1. The van der Waals surface area contributed by atoms with Gasteiger partial charge in [-0.25, -0.2) is 0 Å². The van der Waals surface area contributed by atoms with E-state index in [-0.39, 0.29) is 11.6 Å². The highest BCUT2D eigenvalue weighted by Gasteiger charge is 2.19. The predicted molar refractivity (Wildman–Crippen MR) is 98.9 cm³/mol. The van der Waals surface area contributed by atoms with E-state index in [0.29, 0.717) is 12.3 Å². The van der Waals surface area contributed by atoms with Gasteiger partial charge in [-0.3, -0.25) is 24.3 Å². The van der Waals surface area contributed by atoms with Gasteiger partial charge < -0.3 is 5.32 Å². The molecule has 2 aromatic rings. The average Bonchev–Trinajstić information content (AvgIpc) is 2.63. The van der Waals surface area contributed by atoms with Crippen LogP contribution in [0.15, 0.2) is 47.4 Å². The van der Waals surface area contributed by atoms with Gasteiger partial charge in [-0.15, -0.1) is 0 Å². The fourth-order valence-electron chi connectivity index (χ4n) is 2.75. The zero-order valence-electron chi connectivity index (χ0n) is 15.1. The van der Waals surface area contributed by atoms with Crippen LogP contribution >= 0.6 is 0 Å². The van der Waals surface area contributed by atoms with Crippen molar-refractivity contribution in [2.75, 3.05) is 0 Å². The maximum absolute atomic E-state index is 12.5. The standard InChI is InChI=1S/C19H20N4O4/c1-13(2)8-17(14-6-4-3-5-7-14)21-18(24)12-22-11-16(23(26)27)9-15(10-20)19(22)25/h3-7,9,11,13,17H,8,12H2,1-2H3,(H,21,24)/t17-/m1/s1. The van der Waals surface area contributed by atoms with Crippen molar-refractivity contribution >= 4 is 11.6 Å². The Morgan fingerprint density at radius 2 is 2.00 bits per heavy atom. The smallest absolute Gasteiger partial charge is 0.287 e. The molecule has 1 aromatic carbocycles. The molecule has 0 fully saturated rings. The number of aromatic nitrogens is 1. The Bertz CT molecular complexity index is 929. The molecular formula is C19H20N4O4. The molecule has 27 heavy (non-hydrogen) atoms. The van der Waals surface area contributed by atoms with Crippen molar-refractivity contribution in [1.29, 1.82) is 5.26 Å². The summed E-state index contributed by atoms with van der Waals surface area (Å²) in [7, 11) is 0. The SMILES string of the molecule is CC(C)C[C@@H](NC(=O)Cn1cc([N+](=O)[O-])cc(C#N)c1=O)c1ccccc1. The number of nitro groups is 1. The first kappa shape index (κ1) is 19.8. The van der Waals surface area contributed by atoms with E-state index < -0.39 is 28.6 Å². The quantitative estimate of drug-likeness (QED) is 0.595. The summed E-state index contributed by atoms with van der Waals surface area (Å²) in [6.45, 7) is 3.66. The molecule has 1 aromatic heterocycles. The third-order valence-electron chi connectivity index (χ3n) is 3.96. The van der Waals surface area contributed by atoms with Crippen molar-refractivity contribution in [3.8, 4) is 6.07 Å². The number of carbonyl (C=O) groups excluding carboxylic acids is 1. The zero-order chi connectivity index (χ0) is 20.0. The molecule has 2 rings (SSSR count). The van der Waals surface area contributed by atoms with Crippen molar-refractivity contribution in [2.45, 2.75) is 32.9 Å². The molecule has 0 bridgehead atoms. The number of rotatable bonds is 7. The summed E-state index contributed by atoms with van der Waals surface area (Å²) >= 11 is 0. The Balaban J connectivity index is 2.25. The second kappa shape index (κ2) is 8.76. The number of benzene rings is 1. The summed E-state index contributed by atoms with van der Waals surface area (Å²) in [4.78, 5) is 34.9. The molecule has 1 N–H and O–H groups in total. The molecule has 0 radical (unpaired) electrons. The van der Waals surface area contributed by atoms with E-state index in [2.05, 4.69) is 5.32 Å². The molecule has 0 aliphatic heterocycles. The van der Waals surface area contributed by atoms with E-state index in [1.54, 1.807) is 6.07 Å². The highest BCUT2D eigenvalue weighted by Crippen LogP contribution is 2.21. The van der Waals surface area contributed by atoms with E-state index in [1.165, 1.54) is 0 Å². The lowest BCUT2D eigenvalue weighted by molar-refractivity contribution is -0.385. The Morgan fingerprint density at radius 3 is 2.56 bits per heavy atom. The molecule has 0 saturated heterocycles. The van der Waals surface area contributed by atoms with Crippen molar-refractivity contribution in [1.82, 2.24) is 9.88 Å². The Kier molecular flexibility index (Phi) is 6.44. The van der Waals surface area contributed by atoms with Gasteiger partial charge in [0.1, 0.15) is 18.2 Å². The minimum absolute atomic E-state index is 0.247. The molecule has 0 spiro atoms. The zero-order valence-corrected chi connectivity index (χ0v) is 15.1. The van der Waals surface area contributed by atoms with Crippen LogP contribution in [0.3, 0.4) is 0 Å². The van der Waals surface area contributed by atoms with Gasteiger partial charge in [0.15, 0.2) is 0 Å². The Labute approximate surface area is 156 Å². The molecule has 140 valence electrons. The lowest BCUT2D eigenvalue weighted by atomic mass is 9.97. The summed E-state index contributed by atoms with van der Waals surface area (Å²) in [5.41, 5.74) is -0.596. The number of hydrogen-bond acceptors (Lipinski definition) is 5. The molecular weight excluding hydrogens is 348 g/mol. The van der Waals surface area contributed by atoms with Crippen molar-refractivity contribution < 1.29 is 9.72 Å². The van der Waals surface area contributed by atoms with Gasteiger partial charge in [0.05, 0.1) is 17.2 Å². The Hall–Kier alpha value is -3.47. The van der Waals surface area contributed by atoms with Gasteiger partial charge in [-0.2, -0.15) is 5.26 Å². The third-order valence-corrected chi connectivity index (χ3v) is 3.96. The van der Waals surface area contributed by atoms with Gasteiger partial charge in [-0.1, -0.05) is 44.2 Å². The first-order valence-corrected chi connectivity index (χ1v) is 8.45. The van der Waals surface area contributed by atoms with Crippen LogP contribution in [-0.4, -0.2) is 15.4 Å². The van der Waals surface area contributed by atoms with Crippen LogP contribution in [-0.2, 0) is 11.3 Å². The molecule has 8 nitrogen and oxygen atoms in total. The van der Waals surface area contributed by atoms with Crippen LogP contribution in [0.25, 0.3) is 0 Å². The number of nitrogens with zero attached hydrogens (tertiary/aromatic N) is 3. The molecule has 1 amide bonds. The van der Waals surface area contributed by atoms with Crippen LogP contribution < -0.4 is 10.9 Å². The summed E-state index contributed by atoms with van der Waals surface area (Å²) in [6.07, 6.45) is 1.67. The van der Waals surface area contributed by atoms with Gasteiger partial charge >= 0.3 is 0 Å². The van der Waals surface area contributed by atoms with Crippen molar-refractivity contribution in [2.24, 2.45) is 5.92 Å². The number of nitrogens with one attached hydrogen (secondary N) is 1. The van der Waals surface area contributed by atoms with E-state index in [1.807, 2.05) is 44.2 Å². The first-order valence-electron chi connectivity index (χ1n) is 8.45. The van der Waals surface area contributed by atoms with E-state index >= 15 is 0 Å². The summed E-state index contributed by atoms with van der Waals surface area (Å²) in [5, 5.41) is 22.8. The summed E-state index contributed by atoms with van der Waals surface area (Å²) in [6, 6.07) is 11.7. The molecule has 0 aliphatic rings.